The van der Waals surface area contributed by atoms with E-state index in [2.05, 4.69) is 4.99 Å². The summed E-state index contributed by atoms with van der Waals surface area (Å²) in [5, 5.41) is 0. The van der Waals surface area contributed by atoms with Gasteiger partial charge in [0.2, 0.25) is 0 Å². The molecule has 1 saturated carbocycles. The zero-order valence-electron chi connectivity index (χ0n) is 22.6. The lowest BCUT2D eigenvalue weighted by molar-refractivity contribution is -0.154. The number of halogens is 3. The number of Topliss-reactive ketones (excluding diaryl/α,β-unsaturated/α-hetero) is 1. The highest BCUT2D eigenvalue weighted by molar-refractivity contribution is 6.18. The molecule has 1 heterocycles. The minimum Gasteiger partial charge on any atom is -0.496 e. The largest absolute Gasteiger partial charge is 0.496 e. The third kappa shape index (κ3) is 5.26. The second-order valence-corrected chi connectivity index (χ2v) is 9.55. The number of nitrogens with zero attached hydrogens (tertiary/aromatic N) is 1. The highest BCUT2D eigenvalue weighted by atomic mass is 19.4. The molecule has 0 spiro atoms. The fourth-order valence-electron chi connectivity index (χ4n) is 5.78. The van der Waals surface area contributed by atoms with Gasteiger partial charge in [-0.1, -0.05) is 36.4 Å². The molecule has 0 amide bonds. The first-order valence-electron chi connectivity index (χ1n) is 13.0. The third-order valence-corrected chi connectivity index (χ3v) is 7.32. The molecule has 2 aromatic carbocycles. The highest BCUT2D eigenvalue weighted by Crippen LogP contribution is 2.51. The Balaban J connectivity index is 1.97. The fourth-order valence-corrected chi connectivity index (χ4v) is 5.78. The van der Waals surface area contributed by atoms with E-state index in [1.165, 1.54) is 32.2 Å². The molecule has 4 rings (SSSR count). The van der Waals surface area contributed by atoms with Crippen molar-refractivity contribution in [3.8, 4) is 5.75 Å². The van der Waals surface area contributed by atoms with Crippen molar-refractivity contribution in [3.63, 3.8) is 0 Å². The topological polar surface area (TPSA) is 91.3 Å². The lowest BCUT2D eigenvalue weighted by Gasteiger charge is -2.41. The summed E-state index contributed by atoms with van der Waals surface area (Å²) in [4.78, 5) is 45.4. The van der Waals surface area contributed by atoms with E-state index in [4.69, 9.17) is 14.2 Å². The van der Waals surface area contributed by atoms with Crippen LogP contribution in [0.15, 0.2) is 64.8 Å². The molecule has 2 aliphatic rings. The van der Waals surface area contributed by atoms with Gasteiger partial charge in [0.05, 0.1) is 37.4 Å². The maximum Gasteiger partial charge on any atom is 0.416 e. The molecule has 4 atom stereocenters. The normalized spacial score (nSPS) is 22.8. The van der Waals surface area contributed by atoms with Crippen molar-refractivity contribution >= 4 is 23.4 Å². The summed E-state index contributed by atoms with van der Waals surface area (Å²) in [7, 11) is 1.46. The Hall–Kier alpha value is -3.95. The van der Waals surface area contributed by atoms with E-state index in [1.54, 1.807) is 38.1 Å². The predicted molar refractivity (Wildman–Crippen MR) is 140 cm³/mol. The SMILES string of the molecule is CCOC(=O)C1=C(C)N=C2C[C@H](c3ccccc3OC)[C@@H](C(=O)OCC)C(=O)C2[C@@H]1c1ccccc1C(F)(F)F. The molecule has 0 saturated heterocycles. The predicted octanol–water partition coefficient (Wildman–Crippen LogP) is 5.64. The van der Waals surface area contributed by atoms with Crippen LogP contribution in [0.3, 0.4) is 0 Å². The van der Waals surface area contributed by atoms with Crippen LogP contribution in [0.5, 0.6) is 5.75 Å². The van der Waals surface area contributed by atoms with Gasteiger partial charge in [-0.25, -0.2) is 4.79 Å². The standard InChI is InChI=1S/C30H30F3NO6/c1-5-39-28(36)23-16(3)34-21-15-19(17-11-8-10-14-22(17)38-4)25(29(37)40-6-2)27(35)26(21)24(23)18-12-7-9-13-20(18)30(31,32)33/h7-14,19,24-26H,5-6,15H2,1-4H3/t19-,24-,25-,26?/m1/s1. The van der Waals surface area contributed by atoms with Crippen LogP contribution in [0, 0.1) is 11.8 Å². The van der Waals surface area contributed by atoms with E-state index in [0.717, 1.165) is 6.07 Å². The number of rotatable bonds is 7. The summed E-state index contributed by atoms with van der Waals surface area (Å²) in [6, 6.07) is 11.7. The number of benzene rings is 2. The number of alkyl halides is 3. The van der Waals surface area contributed by atoms with Crippen molar-refractivity contribution < 1.29 is 41.8 Å². The van der Waals surface area contributed by atoms with Gasteiger partial charge >= 0.3 is 18.1 Å². The van der Waals surface area contributed by atoms with Crippen LogP contribution in [-0.2, 0) is 30.0 Å². The van der Waals surface area contributed by atoms with Crippen molar-refractivity contribution in [2.75, 3.05) is 20.3 Å². The zero-order valence-corrected chi connectivity index (χ0v) is 22.6. The number of fused-ring (bicyclic) bond motifs is 1. The van der Waals surface area contributed by atoms with Gasteiger partial charge in [0.25, 0.3) is 0 Å². The van der Waals surface area contributed by atoms with Crippen LogP contribution in [0.4, 0.5) is 13.2 Å². The van der Waals surface area contributed by atoms with E-state index in [9.17, 15) is 27.6 Å². The molecule has 2 aromatic rings. The number of esters is 2. The molecule has 1 unspecified atom stereocenters. The maximum absolute atomic E-state index is 14.4. The van der Waals surface area contributed by atoms with E-state index >= 15 is 0 Å². The van der Waals surface area contributed by atoms with E-state index < -0.39 is 53.1 Å². The molecule has 40 heavy (non-hydrogen) atoms. The van der Waals surface area contributed by atoms with Gasteiger partial charge in [-0.2, -0.15) is 13.2 Å². The second-order valence-electron chi connectivity index (χ2n) is 9.55. The Morgan fingerprint density at radius 1 is 0.950 bits per heavy atom. The van der Waals surface area contributed by atoms with Crippen molar-refractivity contribution in [2.24, 2.45) is 16.8 Å². The Morgan fingerprint density at radius 3 is 2.20 bits per heavy atom. The number of aliphatic imine (C=N–C) groups is 1. The summed E-state index contributed by atoms with van der Waals surface area (Å²) in [5.74, 6) is -6.67. The summed E-state index contributed by atoms with van der Waals surface area (Å²) >= 11 is 0. The number of carbonyl (C=O) groups excluding carboxylic acids is 3. The van der Waals surface area contributed by atoms with Gasteiger partial charge in [0, 0.05) is 23.2 Å². The molecule has 212 valence electrons. The molecule has 1 aliphatic carbocycles. The lowest BCUT2D eigenvalue weighted by Crippen LogP contribution is -2.49. The summed E-state index contributed by atoms with van der Waals surface area (Å²) in [6.45, 7) is 4.66. The van der Waals surface area contributed by atoms with Crippen molar-refractivity contribution in [1.29, 1.82) is 0 Å². The van der Waals surface area contributed by atoms with E-state index in [1.807, 2.05) is 0 Å². The molecular formula is C30H30F3NO6. The Bertz CT molecular complexity index is 1380. The maximum atomic E-state index is 14.4. The van der Waals surface area contributed by atoms with Gasteiger partial charge in [0.1, 0.15) is 11.7 Å². The summed E-state index contributed by atoms with van der Waals surface area (Å²) in [5.41, 5.74) is -0.367. The molecule has 0 N–H and O–H groups in total. The minimum atomic E-state index is -4.77. The van der Waals surface area contributed by atoms with Gasteiger partial charge in [-0.15, -0.1) is 0 Å². The number of allylic oxidation sites excluding steroid dienone is 1. The molecule has 0 radical (unpaired) electrons. The van der Waals surface area contributed by atoms with Crippen molar-refractivity contribution in [3.05, 3.63) is 76.5 Å². The smallest absolute Gasteiger partial charge is 0.416 e. The molecule has 10 heteroatoms. The minimum absolute atomic E-state index is 0.000291. The van der Waals surface area contributed by atoms with Crippen LogP contribution in [0.1, 0.15) is 55.7 Å². The van der Waals surface area contributed by atoms with Crippen LogP contribution in [0.2, 0.25) is 0 Å². The molecule has 1 fully saturated rings. The number of methoxy groups -OCH3 is 1. The monoisotopic (exact) mass is 557 g/mol. The Kier molecular flexibility index (Phi) is 8.46. The first-order valence-corrected chi connectivity index (χ1v) is 13.0. The number of ether oxygens (including phenoxy) is 3. The zero-order chi connectivity index (χ0) is 29.2. The highest BCUT2D eigenvalue weighted by Gasteiger charge is 2.54. The van der Waals surface area contributed by atoms with Gasteiger partial charge in [-0.05, 0) is 50.5 Å². The number of ketones is 1. The molecule has 0 bridgehead atoms. The average Bonchev–Trinajstić information content (AvgIpc) is 2.91. The van der Waals surface area contributed by atoms with Gasteiger partial charge < -0.3 is 14.2 Å². The Labute approximate surface area is 230 Å². The van der Waals surface area contributed by atoms with E-state index in [-0.39, 0.29) is 42.2 Å². The van der Waals surface area contributed by atoms with Crippen LogP contribution >= 0.6 is 0 Å². The fraction of sp³-hybridized carbons (Fsp3) is 0.400. The number of carbonyl (C=O) groups is 3. The number of para-hydroxylation sites is 1. The number of hydrogen-bond acceptors (Lipinski definition) is 7. The van der Waals surface area contributed by atoms with Gasteiger partial charge in [-0.3, -0.25) is 14.6 Å². The summed E-state index contributed by atoms with van der Waals surface area (Å²) in [6.07, 6.45) is -4.70. The average molecular weight is 558 g/mol. The first kappa shape index (κ1) is 29.0. The van der Waals surface area contributed by atoms with E-state index in [0.29, 0.717) is 11.3 Å². The second kappa shape index (κ2) is 11.7. The van der Waals surface area contributed by atoms with Crippen LogP contribution in [-0.4, -0.2) is 43.8 Å². The first-order chi connectivity index (χ1) is 19.0. The van der Waals surface area contributed by atoms with Crippen LogP contribution in [0.25, 0.3) is 0 Å². The van der Waals surface area contributed by atoms with Crippen LogP contribution < -0.4 is 4.74 Å². The van der Waals surface area contributed by atoms with Gasteiger partial charge in [0.15, 0.2) is 5.78 Å². The third-order valence-electron chi connectivity index (χ3n) is 7.32. The summed E-state index contributed by atoms with van der Waals surface area (Å²) < 4.78 is 58.7. The molecular weight excluding hydrogens is 527 g/mol. The molecule has 0 aromatic heterocycles. The Morgan fingerprint density at radius 2 is 1.57 bits per heavy atom. The quantitative estimate of drug-likeness (QED) is 0.323. The van der Waals surface area contributed by atoms with Crippen molar-refractivity contribution in [1.82, 2.24) is 0 Å². The number of hydrogen-bond donors (Lipinski definition) is 0. The molecule has 1 aliphatic heterocycles. The lowest BCUT2D eigenvalue weighted by atomic mass is 9.61. The molecule has 7 nitrogen and oxygen atoms in total. The van der Waals surface area contributed by atoms with Crippen molar-refractivity contribution in [2.45, 2.75) is 45.2 Å².